The van der Waals surface area contributed by atoms with Crippen molar-refractivity contribution < 1.29 is 4.43 Å². The molecule has 0 fully saturated rings. The van der Waals surface area contributed by atoms with Crippen LogP contribution in [0.5, 0.6) is 0 Å². The Bertz CT molecular complexity index is 501. The van der Waals surface area contributed by atoms with Crippen LogP contribution < -0.4 is 0 Å². The van der Waals surface area contributed by atoms with E-state index in [2.05, 4.69) is 73.8 Å². The van der Waals surface area contributed by atoms with Gasteiger partial charge in [-0.25, -0.2) is 0 Å². The van der Waals surface area contributed by atoms with Crippen LogP contribution in [0, 0.1) is 0 Å². The molecule has 0 heterocycles. The molecule has 2 aromatic carbocycles. The van der Waals surface area contributed by atoms with E-state index in [9.17, 15) is 0 Å². The molecule has 0 spiro atoms. The van der Waals surface area contributed by atoms with Crippen LogP contribution in [-0.2, 0) is 4.43 Å². The highest BCUT2D eigenvalue weighted by Gasteiger charge is 2.18. The Hall–Kier alpha value is -0.876. The minimum atomic E-state index is -1.47. The molecule has 2 rings (SSSR count). The summed E-state index contributed by atoms with van der Waals surface area (Å²) in [7, 11) is -1.02. The van der Waals surface area contributed by atoms with Crippen molar-refractivity contribution in [2.24, 2.45) is 0 Å². The zero-order valence-electron chi connectivity index (χ0n) is 13.3. The fourth-order valence-corrected chi connectivity index (χ4v) is 4.80. The van der Waals surface area contributed by atoms with Gasteiger partial charge in [-0.2, -0.15) is 11.1 Å². The fourth-order valence-electron chi connectivity index (χ4n) is 2.33. The topological polar surface area (TPSA) is 9.23 Å². The Morgan fingerprint density at radius 3 is 1.91 bits per heavy atom. The summed E-state index contributed by atoms with van der Waals surface area (Å²) in [4.78, 5) is 0. The normalized spacial score (nSPS) is 11.8. The van der Waals surface area contributed by atoms with Crippen molar-refractivity contribution in [1.29, 1.82) is 0 Å². The molecule has 0 atom stereocenters. The van der Waals surface area contributed by atoms with E-state index < -0.39 is 7.38 Å². The van der Waals surface area contributed by atoms with Gasteiger partial charge < -0.3 is 4.43 Å². The molecular formula is C18H23ClOSi2. The van der Waals surface area contributed by atoms with Gasteiger partial charge in [0.05, 0.1) is 0 Å². The summed E-state index contributed by atoms with van der Waals surface area (Å²) in [5.41, 5.74) is 2.96. The van der Waals surface area contributed by atoms with E-state index in [0.717, 1.165) is 19.1 Å². The van der Waals surface area contributed by atoms with Crippen molar-refractivity contribution in [3.63, 3.8) is 0 Å². The van der Waals surface area contributed by atoms with E-state index in [4.69, 9.17) is 15.5 Å². The number of hydrogen-bond donors (Lipinski definition) is 0. The summed E-state index contributed by atoms with van der Waals surface area (Å²) in [5.74, 6) is 0. The lowest BCUT2D eigenvalue weighted by molar-refractivity contribution is 0.331. The lowest BCUT2D eigenvalue weighted by atomic mass is 10.0. The third kappa shape index (κ3) is 6.09. The lowest BCUT2D eigenvalue weighted by Crippen LogP contribution is -2.18. The average molecular weight is 347 g/mol. The highest BCUT2D eigenvalue weighted by Crippen LogP contribution is 2.24. The molecule has 0 aliphatic heterocycles. The van der Waals surface area contributed by atoms with Crippen LogP contribution in [0.1, 0.15) is 23.1 Å². The predicted molar refractivity (Wildman–Crippen MR) is 99.2 cm³/mol. The Kier molecular flexibility index (Phi) is 6.89. The van der Waals surface area contributed by atoms with Crippen LogP contribution in [0.4, 0.5) is 0 Å². The molecular weight excluding hydrogens is 324 g/mol. The maximum Gasteiger partial charge on any atom is 0.242 e. The first-order valence-electron chi connectivity index (χ1n) is 7.72. The number of benzene rings is 2. The molecule has 0 unspecified atom stereocenters. The molecule has 0 amide bonds. The van der Waals surface area contributed by atoms with Crippen molar-refractivity contribution in [3.05, 3.63) is 71.8 Å². The molecule has 0 aromatic heterocycles. The Balaban J connectivity index is 1.95. The first-order chi connectivity index (χ1) is 10.6. The van der Waals surface area contributed by atoms with Gasteiger partial charge in [0.1, 0.15) is 0 Å². The minimum absolute atomic E-state index is 0.323. The van der Waals surface area contributed by atoms with Crippen LogP contribution in [0.2, 0.25) is 19.1 Å². The zero-order chi connectivity index (χ0) is 15.8. The quantitative estimate of drug-likeness (QED) is 0.360. The first-order valence-corrected chi connectivity index (χ1v) is 12.9. The molecule has 22 heavy (non-hydrogen) atoms. The van der Waals surface area contributed by atoms with Crippen LogP contribution >= 0.6 is 11.1 Å². The molecule has 2 radical (unpaired) electrons. The minimum Gasteiger partial charge on any atom is -0.416 e. The van der Waals surface area contributed by atoms with E-state index in [-0.39, 0.29) is 0 Å². The second-order valence-electron chi connectivity index (χ2n) is 6.04. The van der Waals surface area contributed by atoms with Crippen LogP contribution in [0.25, 0.3) is 0 Å². The standard InChI is InChI=1S/C18H23ClOSi2/c1-22(2,19)15-9-14-20-21-18(16-10-5-3-6-11-16)17-12-7-4-8-13-17/h3-8,10-13,18H,9,14-15H2,1-2H3. The van der Waals surface area contributed by atoms with Gasteiger partial charge in [-0.15, -0.1) is 0 Å². The average Bonchev–Trinajstić information content (AvgIpc) is 2.51. The molecule has 0 aliphatic carbocycles. The second kappa shape index (κ2) is 8.68. The first kappa shape index (κ1) is 17.5. The third-order valence-corrected chi connectivity index (χ3v) is 6.87. The van der Waals surface area contributed by atoms with Gasteiger partial charge in [-0.1, -0.05) is 73.8 Å². The molecule has 0 aliphatic rings. The highest BCUT2D eigenvalue weighted by molar-refractivity contribution is 7.19. The number of rotatable bonds is 8. The van der Waals surface area contributed by atoms with Crippen molar-refractivity contribution >= 4 is 28.2 Å². The molecule has 1 nitrogen and oxygen atoms in total. The van der Waals surface area contributed by atoms with Gasteiger partial charge in [0.15, 0.2) is 7.38 Å². The number of halogens is 1. The van der Waals surface area contributed by atoms with Gasteiger partial charge in [0, 0.05) is 12.1 Å². The molecule has 0 bridgehead atoms. The maximum absolute atomic E-state index is 6.35. The largest absolute Gasteiger partial charge is 0.416 e. The van der Waals surface area contributed by atoms with Crippen LogP contribution in [0.15, 0.2) is 60.7 Å². The van der Waals surface area contributed by atoms with Gasteiger partial charge in [0.2, 0.25) is 9.76 Å². The molecule has 0 saturated heterocycles. The van der Waals surface area contributed by atoms with Crippen molar-refractivity contribution in [2.45, 2.75) is 31.1 Å². The molecule has 2 aromatic rings. The Morgan fingerprint density at radius 1 is 0.955 bits per heavy atom. The molecule has 116 valence electrons. The van der Waals surface area contributed by atoms with Gasteiger partial charge in [-0.05, 0) is 23.6 Å². The van der Waals surface area contributed by atoms with E-state index in [0.29, 0.717) is 15.3 Å². The number of hydrogen-bond acceptors (Lipinski definition) is 1. The van der Waals surface area contributed by atoms with E-state index in [1.807, 2.05) is 0 Å². The second-order valence-corrected chi connectivity index (χ2v) is 14.2. The van der Waals surface area contributed by atoms with E-state index >= 15 is 0 Å². The Morgan fingerprint density at radius 2 is 1.45 bits per heavy atom. The Labute approximate surface area is 142 Å². The molecule has 4 heteroatoms. The highest BCUT2D eigenvalue weighted by atomic mass is 35.6. The monoisotopic (exact) mass is 346 g/mol. The summed E-state index contributed by atoms with van der Waals surface area (Å²) in [5, 5.41) is 0. The van der Waals surface area contributed by atoms with E-state index in [1.165, 1.54) is 11.1 Å². The smallest absolute Gasteiger partial charge is 0.242 e. The summed E-state index contributed by atoms with van der Waals surface area (Å²) in [6.45, 7) is 5.18. The van der Waals surface area contributed by atoms with Crippen LogP contribution in [-0.4, -0.2) is 23.8 Å². The van der Waals surface area contributed by atoms with Crippen molar-refractivity contribution in [2.75, 3.05) is 6.61 Å². The molecule has 0 N–H and O–H groups in total. The third-order valence-electron chi connectivity index (χ3n) is 3.48. The summed E-state index contributed by atoms with van der Waals surface area (Å²) in [6, 6.07) is 22.3. The predicted octanol–water partition coefficient (Wildman–Crippen LogP) is 5.25. The lowest BCUT2D eigenvalue weighted by Gasteiger charge is -2.17. The van der Waals surface area contributed by atoms with Gasteiger partial charge in [0.25, 0.3) is 0 Å². The van der Waals surface area contributed by atoms with E-state index in [1.54, 1.807) is 0 Å². The molecule has 0 saturated carbocycles. The summed E-state index contributed by atoms with van der Waals surface area (Å²) < 4.78 is 5.99. The fraction of sp³-hybridized carbons (Fsp3) is 0.333. The summed E-state index contributed by atoms with van der Waals surface area (Å²) >= 11 is 6.35. The zero-order valence-corrected chi connectivity index (χ0v) is 16.0. The maximum atomic E-state index is 6.35. The van der Waals surface area contributed by atoms with Crippen LogP contribution in [0.3, 0.4) is 0 Å². The summed E-state index contributed by atoms with van der Waals surface area (Å²) in [6.07, 6.45) is 1.06. The van der Waals surface area contributed by atoms with Crippen molar-refractivity contribution in [3.8, 4) is 0 Å². The SMILES string of the molecule is C[Si](C)(Cl)CCCO[Si]C(c1ccccc1)c1ccccc1. The van der Waals surface area contributed by atoms with Crippen molar-refractivity contribution in [1.82, 2.24) is 0 Å². The van der Waals surface area contributed by atoms with Gasteiger partial charge in [-0.3, -0.25) is 0 Å². The van der Waals surface area contributed by atoms with Gasteiger partial charge >= 0.3 is 0 Å².